The lowest BCUT2D eigenvalue weighted by atomic mass is 9.92. The van der Waals surface area contributed by atoms with Crippen molar-refractivity contribution in [3.05, 3.63) is 53.7 Å². The summed E-state index contributed by atoms with van der Waals surface area (Å²) >= 11 is 0. The fourth-order valence-corrected chi connectivity index (χ4v) is 5.05. The molecule has 0 saturated carbocycles. The van der Waals surface area contributed by atoms with Crippen molar-refractivity contribution in [2.75, 3.05) is 45.3 Å². The highest BCUT2D eigenvalue weighted by Crippen LogP contribution is 2.44. The maximum Gasteiger partial charge on any atom is 0.255 e. The smallest absolute Gasteiger partial charge is 0.255 e. The monoisotopic (exact) mass is 537 g/mol. The standard InChI is InChI=1S/C28H32FN5O5/c1-37-27-20(29)6-4-7-21(27)33-26-23-24(17(5-2-3-11-35)13-32-28(23)36)34-25(26)19-8-9-30-15-22(19)39-16-18-14-31-10-12-38-18/h4,6-9,11,15,17-18,31,33-34H,2-3,5,10,12-14,16H2,1H3,(H,32,36)/t17?,18-/m0/s1. The summed E-state index contributed by atoms with van der Waals surface area (Å²) in [5, 5.41) is 9.52. The van der Waals surface area contributed by atoms with Gasteiger partial charge in [-0.2, -0.15) is 0 Å². The number of aromatic nitrogens is 2. The number of ether oxygens (including phenoxy) is 3. The van der Waals surface area contributed by atoms with E-state index >= 15 is 0 Å². The van der Waals surface area contributed by atoms with Crippen LogP contribution in [0.2, 0.25) is 0 Å². The second-order valence-electron chi connectivity index (χ2n) is 9.49. The number of methoxy groups -OCH3 is 1. The van der Waals surface area contributed by atoms with Gasteiger partial charge in [0.2, 0.25) is 0 Å². The van der Waals surface area contributed by atoms with Crippen molar-refractivity contribution in [3.63, 3.8) is 0 Å². The summed E-state index contributed by atoms with van der Waals surface area (Å²) in [6.45, 7) is 2.86. The number of halogens is 1. The van der Waals surface area contributed by atoms with Gasteiger partial charge < -0.3 is 39.9 Å². The maximum absolute atomic E-state index is 14.6. The van der Waals surface area contributed by atoms with Crippen LogP contribution >= 0.6 is 0 Å². The van der Waals surface area contributed by atoms with E-state index in [-0.39, 0.29) is 23.7 Å². The van der Waals surface area contributed by atoms with E-state index < -0.39 is 5.82 Å². The highest BCUT2D eigenvalue weighted by molar-refractivity contribution is 6.07. The number of para-hydroxylation sites is 1. The quantitative estimate of drug-likeness (QED) is 0.216. The number of pyridine rings is 1. The van der Waals surface area contributed by atoms with Crippen LogP contribution in [-0.2, 0) is 9.53 Å². The molecule has 10 nitrogen and oxygen atoms in total. The number of aromatic amines is 1. The first-order valence-corrected chi connectivity index (χ1v) is 13.1. The van der Waals surface area contributed by atoms with E-state index in [2.05, 4.69) is 25.9 Å². The highest BCUT2D eigenvalue weighted by atomic mass is 19.1. The van der Waals surface area contributed by atoms with Crippen molar-refractivity contribution in [1.29, 1.82) is 0 Å². The molecule has 2 aromatic heterocycles. The number of rotatable bonds is 11. The molecule has 4 heterocycles. The van der Waals surface area contributed by atoms with E-state index in [0.29, 0.717) is 79.5 Å². The van der Waals surface area contributed by atoms with E-state index in [1.165, 1.54) is 13.2 Å². The predicted octanol–water partition coefficient (Wildman–Crippen LogP) is 3.53. The van der Waals surface area contributed by atoms with Crippen LogP contribution in [0.25, 0.3) is 11.3 Å². The van der Waals surface area contributed by atoms with Gasteiger partial charge >= 0.3 is 0 Å². The first kappa shape index (κ1) is 26.6. The van der Waals surface area contributed by atoms with Gasteiger partial charge in [-0.05, 0) is 31.0 Å². The zero-order valence-corrected chi connectivity index (χ0v) is 21.7. The number of unbranched alkanes of at least 4 members (excludes halogenated alkanes) is 1. The van der Waals surface area contributed by atoms with Gasteiger partial charge in [0.05, 0.1) is 42.5 Å². The lowest BCUT2D eigenvalue weighted by Crippen LogP contribution is -2.41. The number of fused-ring (bicyclic) bond motifs is 1. The van der Waals surface area contributed by atoms with Crippen LogP contribution in [0.1, 0.15) is 41.2 Å². The largest absolute Gasteiger partial charge is 0.492 e. The minimum Gasteiger partial charge on any atom is -0.492 e. The van der Waals surface area contributed by atoms with Crippen LogP contribution < -0.4 is 25.4 Å². The Labute approximate surface area is 225 Å². The van der Waals surface area contributed by atoms with Gasteiger partial charge in [0.1, 0.15) is 24.7 Å². The summed E-state index contributed by atoms with van der Waals surface area (Å²) in [6, 6.07) is 6.37. The maximum atomic E-state index is 14.6. The average molecular weight is 538 g/mol. The fraction of sp³-hybridized carbons (Fsp3) is 0.393. The van der Waals surface area contributed by atoms with E-state index in [1.807, 2.05) is 0 Å². The van der Waals surface area contributed by atoms with Crippen LogP contribution in [0.15, 0.2) is 36.7 Å². The Morgan fingerprint density at radius 2 is 2.18 bits per heavy atom. The number of carbonyl (C=O) groups excluding carboxylic acids is 2. The Hall–Kier alpha value is -3.96. The second-order valence-corrected chi connectivity index (χ2v) is 9.49. The topological polar surface area (TPSA) is 127 Å². The zero-order valence-electron chi connectivity index (χ0n) is 21.7. The Morgan fingerprint density at radius 3 is 2.97 bits per heavy atom. The molecule has 0 bridgehead atoms. The number of amides is 1. The summed E-state index contributed by atoms with van der Waals surface area (Å²) in [4.78, 5) is 31.9. The van der Waals surface area contributed by atoms with Gasteiger partial charge in [-0.25, -0.2) is 4.39 Å². The molecule has 1 fully saturated rings. The van der Waals surface area contributed by atoms with Crippen molar-refractivity contribution in [3.8, 4) is 22.8 Å². The number of morpholine rings is 1. The summed E-state index contributed by atoms with van der Waals surface area (Å²) in [6.07, 6.45) is 5.91. The third-order valence-corrected chi connectivity index (χ3v) is 6.96. The molecule has 0 radical (unpaired) electrons. The third kappa shape index (κ3) is 5.74. The van der Waals surface area contributed by atoms with Gasteiger partial charge in [-0.3, -0.25) is 9.78 Å². The molecule has 206 valence electrons. The minimum atomic E-state index is -0.529. The van der Waals surface area contributed by atoms with Crippen molar-refractivity contribution < 1.29 is 28.2 Å². The summed E-state index contributed by atoms with van der Waals surface area (Å²) in [7, 11) is 1.39. The molecule has 1 saturated heterocycles. The van der Waals surface area contributed by atoms with Gasteiger partial charge in [0.25, 0.3) is 5.91 Å². The van der Waals surface area contributed by atoms with E-state index in [4.69, 9.17) is 14.2 Å². The molecule has 39 heavy (non-hydrogen) atoms. The Kier molecular flexibility index (Phi) is 8.38. The van der Waals surface area contributed by atoms with E-state index in [1.54, 1.807) is 30.6 Å². The number of benzene rings is 1. The molecule has 1 unspecified atom stereocenters. The Bertz CT molecular complexity index is 1320. The summed E-state index contributed by atoms with van der Waals surface area (Å²) in [5.41, 5.74) is 3.30. The highest BCUT2D eigenvalue weighted by Gasteiger charge is 2.33. The van der Waals surface area contributed by atoms with Crippen molar-refractivity contribution >= 4 is 23.6 Å². The van der Waals surface area contributed by atoms with Crippen molar-refractivity contribution in [2.24, 2.45) is 0 Å². The van der Waals surface area contributed by atoms with Crippen LogP contribution in [0.4, 0.5) is 15.8 Å². The van der Waals surface area contributed by atoms with E-state index in [0.717, 1.165) is 18.5 Å². The number of carbonyl (C=O) groups is 2. The number of aldehydes is 1. The van der Waals surface area contributed by atoms with Crippen molar-refractivity contribution in [1.82, 2.24) is 20.6 Å². The van der Waals surface area contributed by atoms with Crippen molar-refractivity contribution in [2.45, 2.75) is 31.3 Å². The molecule has 2 aliphatic heterocycles. The molecule has 4 N–H and O–H groups in total. The first-order valence-electron chi connectivity index (χ1n) is 13.1. The lowest BCUT2D eigenvalue weighted by Gasteiger charge is -2.24. The number of H-pyrrole nitrogens is 1. The molecule has 1 aromatic carbocycles. The number of anilines is 2. The van der Waals surface area contributed by atoms with Gasteiger partial charge in [0.15, 0.2) is 11.6 Å². The summed E-state index contributed by atoms with van der Waals surface area (Å²) < 4.78 is 31.8. The summed E-state index contributed by atoms with van der Waals surface area (Å²) in [5.74, 6) is -0.272. The molecule has 3 aromatic rings. The minimum absolute atomic E-state index is 0.0327. The van der Waals surface area contributed by atoms with Gasteiger partial charge in [-0.15, -0.1) is 0 Å². The SMILES string of the molecule is COc1c(F)cccc1Nc1c(-c2ccncc2OC[C@@H]2CNCCO2)[nH]c2c1C(=O)NCC2CCCC=O. The molecule has 5 rings (SSSR count). The Morgan fingerprint density at radius 1 is 1.28 bits per heavy atom. The molecule has 1 amide bonds. The second kappa shape index (κ2) is 12.3. The predicted molar refractivity (Wildman–Crippen MR) is 143 cm³/mol. The van der Waals surface area contributed by atoms with Gasteiger partial charge in [-0.1, -0.05) is 6.07 Å². The van der Waals surface area contributed by atoms with Gasteiger partial charge in [0, 0.05) is 49.4 Å². The van der Waals surface area contributed by atoms with E-state index in [9.17, 15) is 14.0 Å². The molecule has 2 atom stereocenters. The fourth-order valence-electron chi connectivity index (χ4n) is 5.05. The first-order chi connectivity index (χ1) is 19.1. The number of nitrogens with one attached hydrogen (secondary N) is 4. The molecular weight excluding hydrogens is 505 g/mol. The molecule has 11 heteroatoms. The molecule has 0 aliphatic carbocycles. The average Bonchev–Trinajstić information content (AvgIpc) is 3.34. The number of nitrogens with zero attached hydrogens (tertiary/aromatic N) is 1. The molecule has 0 spiro atoms. The van der Waals surface area contributed by atoms with Crippen LogP contribution in [0.3, 0.4) is 0 Å². The molecular formula is C28H32FN5O5. The number of hydrogen-bond acceptors (Lipinski definition) is 8. The van der Waals surface area contributed by atoms with Crippen LogP contribution in [0.5, 0.6) is 11.5 Å². The third-order valence-electron chi connectivity index (χ3n) is 6.96. The normalized spacial score (nSPS) is 18.7. The van der Waals surface area contributed by atoms with Crippen LogP contribution in [-0.4, -0.2) is 68.2 Å². The van der Waals surface area contributed by atoms with Crippen LogP contribution in [0, 0.1) is 5.82 Å². The number of hydrogen-bond donors (Lipinski definition) is 4. The molecule has 2 aliphatic rings. The lowest BCUT2D eigenvalue weighted by molar-refractivity contribution is -0.107. The Balaban J connectivity index is 1.58. The zero-order chi connectivity index (χ0) is 27.2.